The molecule has 24 heavy (non-hydrogen) atoms. The smallest absolute Gasteiger partial charge is 0.272 e. The number of β-amino-alcohol motifs (C(OH)–C–C–N with tert-alkyl or cyclic N) is 1. The lowest BCUT2D eigenvalue weighted by Gasteiger charge is -2.21. The van der Waals surface area contributed by atoms with Crippen molar-refractivity contribution in [2.75, 3.05) is 26.2 Å². The number of rotatable bonds is 3. The van der Waals surface area contributed by atoms with Crippen LogP contribution in [0.15, 0.2) is 36.8 Å². The highest BCUT2D eigenvalue weighted by Crippen LogP contribution is 2.12. The second-order valence-electron chi connectivity index (χ2n) is 5.92. The number of hydrogen-bond acceptors (Lipinski definition) is 5. The molecule has 3 rings (SSSR count). The molecule has 124 valence electrons. The second-order valence-corrected chi connectivity index (χ2v) is 5.92. The number of carbonyl (C=O) groups is 1. The van der Waals surface area contributed by atoms with E-state index in [4.69, 9.17) is 5.26 Å². The molecule has 2 heterocycles. The molecular weight excluding hydrogens is 306 g/mol. The molecule has 1 aromatic carbocycles. The van der Waals surface area contributed by atoms with E-state index in [1.165, 1.54) is 12.5 Å². The Bertz CT molecular complexity index is 738. The predicted octanol–water partition coefficient (Wildman–Crippen LogP) is 0.600. The topological polar surface area (TPSA) is 96.3 Å². The number of nitriles is 1. The Kier molecular flexibility index (Phi) is 4.89. The summed E-state index contributed by atoms with van der Waals surface area (Å²) in [6.45, 7) is 2.62. The summed E-state index contributed by atoms with van der Waals surface area (Å²) in [7, 11) is 0. The number of H-pyrrole nitrogens is 1. The van der Waals surface area contributed by atoms with Crippen LogP contribution in [0.25, 0.3) is 0 Å². The number of aliphatic hydroxyl groups is 1. The van der Waals surface area contributed by atoms with Crippen LogP contribution in [0.3, 0.4) is 0 Å². The molecule has 0 bridgehead atoms. The van der Waals surface area contributed by atoms with E-state index in [-0.39, 0.29) is 5.91 Å². The molecule has 7 nitrogen and oxygen atoms in total. The Morgan fingerprint density at radius 2 is 2.29 bits per heavy atom. The van der Waals surface area contributed by atoms with Crippen LogP contribution in [0.1, 0.15) is 21.6 Å². The fourth-order valence-corrected chi connectivity index (χ4v) is 2.92. The minimum atomic E-state index is -0.612. The number of carbonyl (C=O) groups excluding carboxylic acids is 1. The van der Waals surface area contributed by atoms with Gasteiger partial charge in [0, 0.05) is 32.7 Å². The molecule has 1 unspecified atom stereocenters. The summed E-state index contributed by atoms with van der Waals surface area (Å²) < 4.78 is 0. The number of benzene rings is 1. The van der Waals surface area contributed by atoms with E-state index < -0.39 is 6.10 Å². The number of aromatic amines is 1. The van der Waals surface area contributed by atoms with E-state index >= 15 is 0 Å². The summed E-state index contributed by atoms with van der Waals surface area (Å²) in [4.78, 5) is 22.8. The third-order valence-electron chi connectivity index (χ3n) is 4.06. The molecule has 0 radical (unpaired) electrons. The summed E-state index contributed by atoms with van der Waals surface area (Å²) in [5.74, 6) is -0.153. The van der Waals surface area contributed by atoms with Crippen LogP contribution < -0.4 is 0 Å². The largest absolute Gasteiger partial charge is 0.390 e. The highest BCUT2D eigenvalue weighted by molar-refractivity contribution is 5.92. The SMILES string of the molecule is N#Cc1cccc(CN2CCN(C(=O)c3cnc[nH]3)CC(O)C2)c1. The normalized spacial score (nSPS) is 18.8. The lowest BCUT2D eigenvalue weighted by Crippen LogP contribution is -2.37. The molecule has 1 fully saturated rings. The zero-order chi connectivity index (χ0) is 16.9. The van der Waals surface area contributed by atoms with Gasteiger partial charge in [-0.15, -0.1) is 0 Å². The van der Waals surface area contributed by atoms with Gasteiger partial charge in [-0.1, -0.05) is 12.1 Å². The average molecular weight is 325 g/mol. The van der Waals surface area contributed by atoms with E-state index in [0.717, 1.165) is 5.56 Å². The molecule has 1 aromatic heterocycles. The molecule has 0 aliphatic carbocycles. The van der Waals surface area contributed by atoms with Crippen LogP contribution in [0, 0.1) is 11.3 Å². The van der Waals surface area contributed by atoms with E-state index in [0.29, 0.717) is 44.0 Å². The number of nitrogens with one attached hydrogen (secondary N) is 1. The maximum Gasteiger partial charge on any atom is 0.272 e. The molecule has 0 saturated carbocycles. The number of nitrogens with zero attached hydrogens (tertiary/aromatic N) is 4. The van der Waals surface area contributed by atoms with Crippen molar-refractivity contribution >= 4 is 5.91 Å². The van der Waals surface area contributed by atoms with Crippen molar-refractivity contribution in [2.45, 2.75) is 12.6 Å². The molecule has 7 heteroatoms. The standard InChI is InChI=1S/C17H19N5O2/c18-7-13-2-1-3-14(6-13)9-21-4-5-22(11-15(23)10-21)17(24)16-8-19-12-20-16/h1-3,6,8,12,15,23H,4-5,9-11H2,(H,19,20). The van der Waals surface area contributed by atoms with Crippen molar-refractivity contribution in [3.8, 4) is 6.07 Å². The maximum absolute atomic E-state index is 12.4. The molecule has 1 aliphatic heterocycles. The van der Waals surface area contributed by atoms with E-state index in [1.807, 2.05) is 18.2 Å². The van der Waals surface area contributed by atoms with Gasteiger partial charge in [0.05, 0.1) is 30.3 Å². The molecule has 2 aromatic rings. The van der Waals surface area contributed by atoms with Gasteiger partial charge in [0.15, 0.2) is 0 Å². The summed E-state index contributed by atoms with van der Waals surface area (Å²) in [6, 6.07) is 9.58. The molecule has 2 N–H and O–H groups in total. The van der Waals surface area contributed by atoms with Crippen LogP contribution in [0.2, 0.25) is 0 Å². The fraction of sp³-hybridized carbons (Fsp3) is 0.353. The van der Waals surface area contributed by atoms with Gasteiger partial charge in [-0.25, -0.2) is 4.98 Å². The first kappa shape index (κ1) is 16.2. The Labute approximate surface area is 140 Å². The fourth-order valence-electron chi connectivity index (χ4n) is 2.92. The molecule has 1 saturated heterocycles. The van der Waals surface area contributed by atoms with Crippen molar-refractivity contribution in [2.24, 2.45) is 0 Å². The third kappa shape index (κ3) is 3.79. The van der Waals surface area contributed by atoms with Crippen LogP contribution in [-0.4, -0.2) is 63.1 Å². The van der Waals surface area contributed by atoms with Crippen LogP contribution in [0.4, 0.5) is 0 Å². The van der Waals surface area contributed by atoms with Gasteiger partial charge in [-0.2, -0.15) is 5.26 Å². The minimum absolute atomic E-state index is 0.153. The van der Waals surface area contributed by atoms with Crippen LogP contribution >= 0.6 is 0 Å². The molecule has 0 spiro atoms. The third-order valence-corrected chi connectivity index (χ3v) is 4.06. The van der Waals surface area contributed by atoms with Crippen molar-refractivity contribution in [3.05, 3.63) is 53.6 Å². The summed E-state index contributed by atoms with van der Waals surface area (Å²) in [6.07, 6.45) is 2.35. The summed E-state index contributed by atoms with van der Waals surface area (Å²) in [5.41, 5.74) is 2.07. The van der Waals surface area contributed by atoms with Gasteiger partial charge in [0.2, 0.25) is 0 Å². The van der Waals surface area contributed by atoms with Crippen LogP contribution in [0.5, 0.6) is 0 Å². The summed E-state index contributed by atoms with van der Waals surface area (Å²) in [5, 5.41) is 19.2. The van der Waals surface area contributed by atoms with E-state index in [9.17, 15) is 9.90 Å². The minimum Gasteiger partial charge on any atom is -0.390 e. The maximum atomic E-state index is 12.4. The summed E-state index contributed by atoms with van der Waals surface area (Å²) >= 11 is 0. The van der Waals surface area contributed by atoms with Gasteiger partial charge in [-0.05, 0) is 17.7 Å². The Morgan fingerprint density at radius 1 is 1.42 bits per heavy atom. The van der Waals surface area contributed by atoms with Gasteiger partial charge in [-0.3, -0.25) is 9.69 Å². The zero-order valence-corrected chi connectivity index (χ0v) is 13.2. The van der Waals surface area contributed by atoms with Crippen molar-refractivity contribution in [1.82, 2.24) is 19.8 Å². The first-order valence-corrected chi connectivity index (χ1v) is 7.83. The van der Waals surface area contributed by atoms with Crippen molar-refractivity contribution in [3.63, 3.8) is 0 Å². The Balaban J connectivity index is 1.66. The first-order chi connectivity index (χ1) is 11.7. The Hall–Kier alpha value is -2.69. The van der Waals surface area contributed by atoms with E-state index in [2.05, 4.69) is 20.9 Å². The second kappa shape index (κ2) is 7.25. The predicted molar refractivity (Wildman–Crippen MR) is 86.9 cm³/mol. The number of hydrogen-bond donors (Lipinski definition) is 2. The van der Waals surface area contributed by atoms with Gasteiger partial charge in [0.25, 0.3) is 5.91 Å². The average Bonchev–Trinajstić information content (AvgIpc) is 3.06. The molecular formula is C17H19N5O2. The van der Waals surface area contributed by atoms with Crippen LogP contribution in [-0.2, 0) is 6.54 Å². The zero-order valence-electron chi connectivity index (χ0n) is 13.2. The number of amides is 1. The monoisotopic (exact) mass is 325 g/mol. The van der Waals surface area contributed by atoms with Crippen molar-refractivity contribution < 1.29 is 9.90 Å². The number of aliphatic hydroxyl groups excluding tert-OH is 1. The Morgan fingerprint density at radius 3 is 3.04 bits per heavy atom. The lowest BCUT2D eigenvalue weighted by molar-refractivity contribution is 0.0658. The molecule has 1 aliphatic rings. The van der Waals surface area contributed by atoms with Crippen molar-refractivity contribution in [1.29, 1.82) is 5.26 Å². The van der Waals surface area contributed by atoms with Gasteiger partial charge in [0.1, 0.15) is 5.69 Å². The van der Waals surface area contributed by atoms with Gasteiger partial charge >= 0.3 is 0 Å². The molecule has 1 amide bonds. The number of aromatic nitrogens is 2. The highest BCUT2D eigenvalue weighted by atomic mass is 16.3. The highest BCUT2D eigenvalue weighted by Gasteiger charge is 2.25. The molecule has 1 atom stereocenters. The quantitative estimate of drug-likeness (QED) is 0.861. The lowest BCUT2D eigenvalue weighted by atomic mass is 10.1. The van der Waals surface area contributed by atoms with Gasteiger partial charge < -0.3 is 15.0 Å². The number of imidazole rings is 1. The van der Waals surface area contributed by atoms with E-state index in [1.54, 1.807) is 11.0 Å². The first-order valence-electron chi connectivity index (χ1n) is 7.83.